The summed E-state index contributed by atoms with van der Waals surface area (Å²) in [7, 11) is 1.53. The molecule has 0 bridgehead atoms. The molecule has 8 nitrogen and oxygen atoms in total. The highest BCUT2D eigenvalue weighted by Gasteiger charge is 2.27. The first-order chi connectivity index (χ1) is 30.0. The van der Waals surface area contributed by atoms with Crippen molar-refractivity contribution in [2.75, 3.05) is 40.9 Å². The van der Waals surface area contributed by atoms with Gasteiger partial charge in [-0.05, 0) is 64.2 Å². The second-order valence-corrected chi connectivity index (χ2v) is 20.0. The molecule has 3 unspecified atom stereocenters. The SMILES string of the molecule is CC/C=C\C/C=C\C/C=C\CCCCCC(=O)NC(COP(=O)(O)OCC[N+](C)(C)C)C(O)/C=C/CC/C=C/CCCCCCCCCCCCCCCCCCCCCCC. The van der Waals surface area contributed by atoms with Crippen LogP contribution in [0.4, 0.5) is 0 Å². The van der Waals surface area contributed by atoms with Gasteiger partial charge in [0.05, 0.1) is 39.9 Å². The monoisotopic (exact) mass is 892 g/mol. The molecule has 3 N–H and O–H groups in total. The van der Waals surface area contributed by atoms with Crippen molar-refractivity contribution in [2.45, 2.75) is 231 Å². The van der Waals surface area contributed by atoms with Crippen molar-refractivity contribution in [3.8, 4) is 0 Å². The van der Waals surface area contributed by atoms with Crippen molar-refractivity contribution >= 4 is 13.7 Å². The number of rotatable bonds is 46. The minimum atomic E-state index is -4.36. The summed E-state index contributed by atoms with van der Waals surface area (Å²) < 4.78 is 23.6. The van der Waals surface area contributed by atoms with E-state index in [9.17, 15) is 19.4 Å². The third-order valence-electron chi connectivity index (χ3n) is 11.2. The van der Waals surface area contributed by atoms with Crippen LogP contribution in [-0.4, -0.2) is 73.4 Å². The van der Waals surface area contributed by atoms with Gasteiger partial charge in [-0.15, -0.1) is 0 Å². The number of hydrogen-bond acceptors (Lipinski definition) is 5. The van der Waals surface area contributed by atoms with E-state index in [1.54, 1.807) is 6.08 Å². The topological polar surface area (TPSA) is 105 Å². The van der Waals surface area contributed by atoms with E-state index in [0.29, 0.717) is 17.4 Å². The van der Waals surface area contributed by atoms with Crippen LogP contribution in [0.2, 0.25) is 0 Å². The molecule has 9 heteroatoms. The number of nitrogens with one attached hydrogen (secondary N) is 1. The fraction of sp³-hybridized carbons (Fsp3) is 0.792. The molecule has 0 saturated heterocycles. The summed E-state index contributed by atoms with van der Waals surface area (Å²) in [6, 6.07) is -0.880. The maximum absolute atomic E-state index is 12.9. The summed E-state index contributed by atoms with van der Waals surface area (Å²) in [5.41, 5.74) is 0. The number of carbonyl (C=O) groups excluding carboxylic acids is 1. The summed E-state index contributed by atoms with van der Waals surface area (Å²) in [5, 5.41) is 13.8. The Labute approximate surface area is 383 Å². The molecule has 0 aliphatic rings. The smallest absolute Gasteiger partial charge is 0.387 e. The quantitative estimate of drug-likeness (QED) is 0.0243. The van der Waals surface area contributed by atoms with Crippen LogP contribution >= 0.6 is 7.82 Å². The van der Waals surface area contributed by atoms with Crippen LogP contribution in [0.25, 0.3) is 0 Å². The number of unbranched alkanes of at least 4 members (excludes halogenated alkanes) is 25. The molecule has 0 spiro atoms. The summed E-state index contributed by atoms with van der Waals surface area (Å²) >= 11 is 0. The summed E-state index contributed by atoms with van der Waals surface area (Å²) in [5.74, 6) is -0.217. The number of aliphatic hydroxyl groups excluding tert-OH is 1. The predicted octanol–water partition coefficient (Wildman–Crippen LogP) is 15.0. The highest BCUT2D eigenvalue weighted by atomic mass is 31.2. The van der Waals surface area contributed by atoms with Gasteiger partial charge < -0.3 is 19.8 Å². The Morgan fingerprint density at radius 2 is 0.984 bits per heavy atom. The van der Waals surface area contributed by atoms with Gasteiger partial charge in [-0.3, -0.25) is 13.8 Å². The van der Waals surface area contributed by atoms with Crippen molar-refractivity contribution in [3.05, 3.63) is 60.8 Å². The van der Waals surface area contributed by atoms with Gasteiger partial charge in [-0.1, -0.05) is 209 Å². The van der Waals surface area contributed by atoms with Crippen molar-refractivity contribution in [3.63, 3.8) is 0 Å². The highest BCUT2D eigenvalue weighted by molar-refractivity contribution is 7.47. The number of carbonyl (C=O) groups is 1. The normalized spacial score (nSPS) is 14.6. The number of phosphoric acid groups is 1. The van der Waals surface area contributed by atoms with Gasteiger partial charge in [-0.2, -0.15) is 0 Å². The molecule has 0 aliphatic heterocycles. The number of nitrogens with zero attached hydrogens (tertiary/aromatic N) is 1. The molecule has 0 aromatic carbocycles. The molecule has 1 amide bonds. The van der Waals surface area contributed by atoms with E-state index in [2.05, 4.69) is 67.8 Å². The molecular formula is C53H100N2O6P+. The Morgan fingerprint density at radius 1 is 0.565 bits per heavy atom. The summed E-state index contributed by atoms with van der Waals surface area (Å²) in [6.07, 6.45) is 59.0. The van der Waals surface area contributed by atoms with E-state index in [1.807, 2.05) is 27.2 Å². The number of hydrogen-bond donors (Lipinski definition) is 3. The van der Waals surface area contributed by atoms with E-state index < -0.39 is 20.0 Å². The molecule has 0 aromatic rings. The van der Waals surface area contributed by atoms with E-state index in [-0.39, 0.29) is 19.1 Å². The predicted molar refractivity (Wildman–Crippen MR) is 267 cm³/mol. The van der Waals surface area contributed by atoms with Crippen LogP contribution in [0.1, 0.15) is 219 Å². The lowest BCUT2D eigenvalue weighted by molar-refractivity contribution is -0.870. The number of amides is 1. The van der Waals surface area contributed by atoms with Crippen LogP contribution in [0.5, 0.6) is 0 Å². The van der Waals surface area contributed by atoms with Gasteiger partial charge >= 0.3 is 7.82 Å². The minimum absolute atomic E-state index is 0.0480. The minimum Gasteiger partial charge on any atom is -0.387 e. The number of aliphatic hydroxyl groups is 1. The maximum Gasteiger partial charge on any atom is 0.472 e. The third kappa shape index (κ3) is 46.2. The lowest BCUT2D eigenvalue weighted by atomic mass is 10.0. The van der Waals surface area contributed by atoms with Crippen molar-refractivity contribution in [1.82, 2.24) is 5.32 Å². The molecule has 3 atom stereocenters. The number of quaternary nitrogens is 1. The Kier molecular flexibility index (Phi) is 43.1. The number of likely N-dealkylation sites (N-methyl/N-ethyl adjacent to an activating group) is 1. The fourth-order valence-electron chi connectivity index (χ4n) is 7.19. The Hall–Kier alpha value is -1.80. The average molecular weight is 892 g/mol. The standard InChI is InChI=1S/C53H99N2O6P/c1-6-8-10-12-14-16-18-20-21-22-23-24-25-26-27-28-29-30-31-32-33-35-36-38-40-42-44-46-52(56)51(50-61-62(58,59)60-49-48-55(3,4)5)54-53(57)47-45-43-41-39-37-34-19-17-15-13-11-9-7-2/h9,11,15,17,34,36-38,44,46,51-52,56H,6-8,10,12-14,16,18-33,35,39-43,45,47-50H2,1-5H3,(H-,54,57,58,59)/p+1/b11-9-,17-15-,37-34-,38-36+,46-44+. The molecule has 0 saturated carbocycles. The fourth-order valence-corrected chi connectivity index (χ4v) is 7.93. The molecule has 0 rings (SSSR count). The van der Waals surface area contributed by atoms with Gasteiger partial charge in [0, 0.05) is 6.42 Å². The van der Waals surface area contributed by atoms with Gasteiger partial charge in [0.2, 0.25) is 5.91 Å². The summed E-state index contributed by atoms with van der Waals surface area (Å²) in [6.45, 7) is 4.66. The van der Waals surface area contributed by atoms with Crippen LogP contribution in [0.15, 0.2) is 60.8 Å². The number of allylic oxidation sites excluding steroid dienone is 9. The Bertz CT molecular complexity index is 1190. The second-order valence-electron chi connectivity index (χ2n) is 18.5. The van der Waals surface area contributed by atoms with Crippen LogP contribution < -0.4 is 5.32 Å². The zero-order valence-electron chi connectivity index (χ0n) is 41.1. The van der Waals surface area contributed by atoms with E-state index in [1.165, 1.54) is 135 Å². The van der Waals surface area contributed by atoms with Crippen molar-refractivity contribution < 1.29 is 32.9 Å². The van der Waals surface area contributed by atoms with Crippen LogP contribution in [-0.2, 0) is 18.4 Å². The first-order valence-electron chi connectivity index (χ1n) is 25.7. The van der Waals surface area contributed by atoms with Gasteiger partial charge in [-0.25, -0.2) is 4.57 Å². The summed E-state index contributed by atoms with van der Waals surface area (Å²) in [4.78, 5) is 23.1. The molecule has 0 fully saturated rings. The van der Waals surface area contributed by atoms with Crippen molar-refractivity contribution in [1.29, 1.82) is 0 Å². The first kappa shape index (κ1) is 60.2. The Balaban J connectivity index is 4.27. The van der Waals surface area contributed by atoms with Gasteiger partial charge in [0.25, 0.3) is 0 Å². The number of phosphoric ester groups is 1. The van der Waals surface area contributed by atoms with E-state index in [4.69, 9.17) is 9.05 Å². The average Bonchev–Trinajstić information content (AvgIpc) is 3.23. The van der Waals surface area contributed by atoms with Gasteiger partial charge in [0.1, 0.15) is 13.2 Å². The largest absolute Gasteiger partial charge is 0.472 e. The molecule has 62 heavy (non-hydrogen) atoms. The molecule has 0 heterocycles. The third-order valence-corrected chi connectivity index (χ3v) is 12.2. The zero-order chi connectivity index (χ0) is 45.7. The molecule has 0 radical (unpaired) electrons. The molecule has 0 aromatic heterocycles. The highest BCUT2D eigenvalue weighted by Crippen LogP contribution is 2.43. The lowest BCUT2D eigenvalue weighted by Crippen LogP contribution is -2.45. The Morgan fingerprint density at radius 3 is 1.48 bits per heavy atom. The maximum atomic E-state index is 12.9. The molecular weight excluding hydrogens is 792 g/mol. The van der Waals surface area contributed by atoms with Crippen LogP contribution in [0.3, 0.4) is 0 Å². The van der Waals surface area contributed by atoms with Crippen molar-refractivity contribution in [2.24, 2.45) is 0 Å². The molecule has 0 aliphatic carbocycles. The zero-order valence-corrected chi connectivity index (χ0v) is 42.0. The first-order valence-corrected chi connectivity index (χ1v) is 27.2. The van der Waals surface area contributed by atoms with Gasteiger partial charge in [0.15, 0.2) is 0 Å². The molecule has 362 valence electrons. The van der Waals surface area contributed by atoms with E-state index >= 15 is 0 Å². The lowest BCUT2D eigenvalue weighted by Gasteiger charge is -2.25. The van der Waals surface area contributed by atoms with E-state index in [0.717, 1.165) is 64.2 Å². The van der Waals surface area contributed by atoms with Crippen LogP contribution in [0, 0.1) is 0 Å². The second kappa shape index (κ2) is 44.4.